The van der Waals surface area contributed by atoms with Crippen molar-refractivity contribution in [1.29, 1.82) is 0 Å². The summed E-state index contributed by atoms with van der Waals surface area (Å²) < 4.78 is 0. The summed E-state index contributed by atoms with van der Waals surface area (Å²) in [6, 6.07) is 0. The van der Waals surface area contributed by atoms with E-state index in [0.29, 0.717) is 12.2 Å². The third kappa shape index (κ3) is 7.39. The normalized spacial score (nSPS) is 14.8. The van der Waals surface area contributed by atoms with Gasteiger partial charge in [0, 0.05) is 12.2 Å². The number of hydrogen-bond donors (Lipinski definition) is 1. The van der Waals surface area contributed by atoms with E-state index in [9.17, 15) is 9.59 Å². The highest BCUT2D eigenvalue weighted by molar-refractivity contribution is 6.17. The Kier molecular flexibility index (Phi) is 8.88. The van der Waals surface area contributed by atoms with Crippen LogP contribution in [0.4, 0.5) is 0 Å². The second kappa shape index (κ2) is 10.6. The summed E-state index contributed by atoms with van der Waals surface area (Å²) in [4.78, 5) is 22.7. The Morgan fingerprint density at radius 3 is 1.90 bits per heavy atom. The molecule has 1 rings (SSSR count). The highest BCUT2D eigenvalue weighted by Crippen LogP contribution is 2.16. The summed E-state index contributed by atoms with van der Waals surface area (Å²) in [6.07, 6.45) is 15.3. The minimum atomic E-state index is -0.0671. The molecule has 0 unspecified atom stereocenters. The molecule has 112 valence electrons. The Bertz CT molecular complexity index is 366. The van der Waals surface area contributed by atoms with E-state index >= 15 is 0 Å². The number of ketones is 2. The quantitative estimate of drug-likeness (QED) is 0.465. The SMILES string of the molecule is O=C1C=CC(=O)C(CCCCCCCCCCCO)=C1. The van der Waals surface area contributed by atoms with Crippen LogP contribution in [0.3, 0.4) is 0 Å². The molecule has 0 saturated heterocycles. The van der Waals surface area contributed by atoms with Crippen LogP contribution in [0.15, 0.2) is 23.8 Å². The molecule has 0 atom stereocenters. The Labute approximate surface area is 121 Å². The van der Waals surface area contributed by atoms with Crippen molar-refractivity contribution >= 4 is 11.6 Å². The van der Waals surface area contributed by atoms with E-state index in [-0.39, 0.29) is 11.6 Å². The second-order valence-corrected chi connectivity index (χ2v) is 5.43. The van der Waals surface area contributed by atoms with E-state index < -0.39 is 0 Å². The minimum Gasteiger partial charge on any atom is -0.396 e. The van der Waals surface area contributed by atoms with Gasteiger partial charge in [0.05, 0.1) is 0 Å². The van der Waals surface area contributed by atoms with Crippen molar-refractivity contribution in [3.8, 4) is 0 Å². The molecule has 3 heteroatoms. The molecule has 1 aliphatic rings. The van der Waals surface area contributed by atoms with Gasteiger partial charge in [0.25, 0.3) is 0 Å². The lowest BCUT2D eigenvalue weighted by molar-refractivity contribution is -0.114. The summed E-state index contributed by atoms with van der Waals surface area (Å²) in [5.74, 6) is -0.0732. The molecule has 0 spiro atoms. The van der Waals surface area contributed by atoms with Gasteiger partial charge >= 0.3 is 0 Å². The van der Waals surface area contributed by atoms with Crippen molar-refractivity contribution in [2.45, 2.75) is 64.2 Å². The molecule has 20 heavy (non-hydrogen) atoms. The molecule has 1 aliphatic carbocycles. The van der Waals surface area contributed by atoms with Gasteiger partial charge in [-0.15, -0.1) is 0 Å². The summed E-state index contributed by atoms with van der Waals surface area (Å²) >= 11 is 0. The van der Waals surface area contributed by atoms with Crippen LogP contribution in [-0.4, -0.2) is 23.3 Å². The fourth-order valence-corrected chi connectivity index (χ4v) is 2.42. The molecule has 0 aromatic rings. The standard InChI is InChI=1S/C17H26O3/c18-13-9-7-5-3-1-2-4-6-8-10-15-14-16(19)11-12-17(15)20/h11-12,14,18H,1-10,13H2. The van der Waals surface area contributed by atoms with Crippen LogP contribution in [-0.2, 0) is 9.59 Å². The Balaban J connectivity index is 1.95. The molecule has 0 aromatic heterocycles. The van der Waals surface area contributed by atoms with Crippen molar-refractivity contribution < 1.29 is 14.7 Å². The average Bonchev–Trinajstić information content (AvgIpc) is 2.44. The van der Waals surface area contributed by atoms with Gasteiger partial charge in [0.1, 0.15) is 0 Å². The fraction of sp³-hybridized carbons (Fsp3) is 0.647. The lowest BCUT2D eigenvalue weighted by atomic mass is 9.97. The molecule has 0 radical (unpaired) electrons. The number of aliphatic hydroxyl groups is 1. The van der Waals surface area contributed by atoms with Crippen LogP contribution in [0, 0.1) is 0 Å². The van der Waals surface area contributed by atoms with Gasteiger partial charge in [-0.25, -0.2) is 0 Å². The van der Waals surface area contributed by atoms with Gasteiger partial charge in [0.2, 0.25) is 0 Å². The molecule has 0 amide bonds. The zero-order chi connectivity index (χ0) is 14.6. The number of allylic oxidation sites excluding steroid dienone is 4. The predicted molar refractivity (Wildman–Crippen MR) is 80.5 cm³/mol. The molecule has 0 aliphatic heterocycles. The Morgan fingerprint density at radius 2 is 1.30 bits per heavy atom. The van der Waals surface area contributed by atoms with Crippen molar-refractivity contribution in [2.75, 3.05) is 6.61 Å². The molecule has 0 heterocycles. The van der Waals surface area contributed by atoms with Crippen molar-refractivity contribution in [3.63, 3.8) is 0 Å². The van der Waals surface area contributed by atoms with Crippen LogP contribution in [0.5, 0.6) is 0 Å². The van der Waals surface area contributed by atoms with E-state index in [2.05, 4.69) is 0 Å². The van der Waals surface area contributed by atoms with Gasteiger partial charge in [-0.2, -0.15) is 0 Å². The number of aliphatic hydroxyl groups excluding tert-OH is 1. The Morgan fingerprint density at radius 1 is 0.750 bits per heavy atom. The first-order valence-electron chi connectivity index (χ1n) is 7.82. The third-order valence-corrected chi connectivity index (χ3v) is 3.64. The van der Waals surface area contributed by atoms with Crippen molar-refractivity contribution in [3.05, 3.63) is 23.8 Å². The van der Waals surface area contributed by atoms with Crippen LogP contribution >= 0.6 is 0 Å². The first kappa shape index (κ1) is 16.8. The monoisotopic (exact) mass is 278 g/mol. The van der Waals surface area contributed by atoms with Crippen molar-refractivity contribution in [1.82, 2.24) is 0 Å². The number of carbonyl (C=O) groups is 2. The molecule has 3 nitrogen and oxygen atoms in total. The van der Waals surface area contributed by atoms with E-state index in [1.54, 1.807) is 0 Å². The van der Waals surface area contributed by atoms with E-state index in [1.807, 2.05) is 0 Å². The smallest absolute Gasteiger partial charge is 0.182 e. The summed E-state index contributed by atoms with van der Waals surface area (Å²) in [7, 11) is 0. The fourth-order valence-electron chi connectivity index (χ4n) is 2.42. The van der Waals surface area contributed by atoms with Gasteiger partial charge in [-0.3, -0.25) is 9.59 Å². The lowest BCUT2D eigenvalue weighted by Crippen LogP contribution is -2.07. The largest absolute Gasteiger partial charge is 0.396 e. The highest BCUT2D eigenvalue weighted by Gasteiger charge is 2.12. The predicted octanol–water partition coefficient (Wildman–Crippen LogP) is 3.51. The summed E-state index contributed by atoms with van der Waals surface area (Å²) in [5.41, 5.74) is 0.668. The number of carbonyl (C=O) groups excluding carboxylic acids is 2. The van der Waals surface area contributed by atoms with E-state index in [1.165, 1.54) is 50.3 Å². The molecular formula is C17H26O3. The molecule has 0 bridgehead atoms. The van der Waals surface area contributed by atoms with Crippen molar-refractivity contribution in [2.24, 2.45) is 0 Å². The second-order valence-electron chi connectivity index (χ2n) is 5.43. The van der Waals surface area contributed by atoms with E-state index in [0.717, 1.165) is 32.1 Å². The number of hydrogen-bond acceptors (Lipinski definition) is 3. The van der Waals surface area contributed by atoms with Crippen LogP contribution < -0.4 is 0 Å². The van der Waals surface area contributed by atoms with Crippen LogP contribution in [0.2, 0.25) is 0 Å². The average molecular weight is 278 g/mol. The highest BCUT2D eigenvalue weighted by atomic mass is 16.2. The molecule has 0 saturated carbocycles. The lowest BCUT2D eigenvalue weighted by Gasteiger charge is -2.06. The maximum atomic E-state index is 11.5. The maximum Gasteiger partial charge on any atom is 0.182 e. The van der Waals surface area contributed by atoms with Gasteiger partial charge in [-0.1, -0.05) is 44.9 Å². The summed E-state index contributed by atoms with van der Waals surface area (Å²) in [5, 5.41) is 8.65. The summed E-state index contributed by atoms with van der Waals surface area (Å²) in [6.45, 7) is 0.312. The van der Waals surface area contributed by atoms with Gasteiger partial charge in [0.15, 0.2) is 11.6 Å². The van der Waals surface area contributed by atoms with E-state index in [4.69, 9.17) is 5.11 Å². The number of unbranched alkanes of at least 4 members (excludes halogenated alkanes) is 8. The third-order valence-electron chi connectivity index (χ3n) is 3.64. The molecule has 0 fully saturated rings. The van der Waals surface area contributed by atoms with Gasteiger partial charge in [-0.05, 0) is 37.5 Å². The van der Waals surface area contributed by atoms with Crippen LogP contribution in [0.1, 0.15) is 64.2 Å². The molecule has 0 aromatic carbocycles. The first-order chi connectivity index (χ1) is 9.74. The van der Waals surface area contributed by atoms with Crippen LogP contribution in [0.25, 0.3) is 0 Å². The first-order valence-corrected chi connectivity index (χ1v) is 7.82. The molecular weight excluding hydrogens is 252 g/mol. The number of rotatable bonds is 11. The topological polar surface area (TPSA) is 54.4 Å². The van der Waals surface area contributed by atoms with Gasteiger partial charge < -0.3 is 5.11 Å². The zero-order valence-electron chi connectivity index (χ0n) is 12.3. The maximum absolute atomic E-state index is 11.5. The molecule has 1 N–H and O–H groups in total. The zero-order valence-corrected chi connectivity index (χ0v) is 12.3. The Hall–Kier alpha value is -1.22. The minimum absolute atomic E-state index is 0.00603.